The van der Waals surface area contributed by atoms with Crippen LogP contribution < -0.4 is 5.73 Å². The minimum absolute atomic E-state index is 0.00360. The Morgan fingerprint density at radius 3 is 2.69 bits per heavy atom. The zero-order valence-corrected chi connectivity index (χ0v) is 16.6. The number of hydrogen-bond acceptors (Lipinski definition) is 7. The predicted octanol–water partition coefficient (Wildman–Crippen LogP) is 0.0639. The fraction of sp³-hybridized carbons (Fsp3) is 0.600. The second kappa shape index (κ2) is 9.21. The lowest BCUT2D eigenvalue weighted by Gasteiger charge is -2.33. The van der Waals surface area contributed by atoms with Gasteiger partial charge in [0.1, 0.15) is 12.4 Å². The number of Topliss-reactive ketones (excluding diaryl/α,β-unsaturated/α-hetero) is 1. The summed E-state index contributed by atoms with van der Waals surface area (Å²) >= 11 is 0. The average molecular weight is 404 g/mol. The summed E-state index contributed by atoms with van der Waals surface area (Å²) in [5.41, 5.74) is 6.37. The quantitative estimate of drug-likeness (QED) is 0.349. The van der Waals surface area contributed by atoms with Crippen LogP contribution in [0.1, 0.15) is 19.8 Å². The first-order valence-electron chi connectivity index (χ1n) is 9.95. The van der Waals surface area contributed by atoms with Gasteiger partial charge in [0.05, 0.1) is 31.1 Å². The Morgan fingerprint density at radius 2 is 2.03 bits per heavy atom. The first kappa shape index (κ1) is 21.0. The summed E-state index contributed by atoms with van der Waals surface area (Å²) in [6, 6.07) is 0. The second-order valence-electron chi connectivity index (χ2n) is 7.50. The smallest absolute Gasteiger partial charge is 0.332 e. The van der Waals surface area contributed by atoms with Crippen molar-refractivity contribution >= 4 is 23.5 Å². The number of ether oxygens (including phenoxy) is 2. The molecule has 158 valence electrons. The topological polar surface area (TPSA) is 126 Å². The maximum Gasteiger partial charge on any atom is 0.332 e. The summed E-state index contributed by atoms with van der Waals surface area (Å²) in [5, 5.41) is 7.53. The Hall–Kier alpha value is -2.68. The van der Waals surface area contributed by atoms with Gasteiger partial charge in [0.25, 0.3) is 0 Å². The first-order valence-corrected chi connectivity index (χ1v) is 9.95. The van der Waals surface area contributed by atoms with Gasteiger partial charge in [-0.05, 0) is 25.3 Å². The number of carbonyl (C=O) groups is 3. The predicted molar refractivity (Wildman–Crippen MR) is 105 cm³/mol. The fourth-order valence-electron chi connectivity index (χ4n) is 3.93. The van der Waals surface area contributed by atoms with Crippen LogP contribution >= 0.6 is 0 Å². The number of nitrogens with two attached hydrogens (primary N) is 1. The van der Waals surface area contributed by atoms with Gasteiger partial charge in [-0.15, -0.1) is 0 Å². The van der Waals surface area contributed by atoms with Crippen LogP contribution in [0.2, 0.25) is 0 Å². The molecule has 0 aromatic carbocycles. The highest BCUT2D eigenvalue weighted by Crippen LogP contribution is 2.31. The summed E-state index contributed by atoms with van der Waals surface area (Å²) < 4.78 is 10.4. The van der Waals surface area contributed by atoms with Crippen molar-refractivity contribution < 1.29 is 23.9 Å². The van der Waals surface area contributed by atoms with E-state index in [2.05, 4.69) is 0 Å². The number of likely N-dealkylation sites (tertiary alicyclic amines) is 1. The minimum Gasteiger partial charge on any atom is -0.464 e. The van der Waals surface area contributed by atoms with Crippen molar-refractivity contribution in [3.63, 3.8) is 0 Å². The molecule has 9 heteroatoms. The highest BCUT2D eigenvalue weighted by molar-refractivity contribution is 6.07. The Balaban J connectivity index is 1.44. The van der Waals surface area contributed by atoms with E-state index >= 15 is 0 Å². The minimum atomic E-state index is -0.665. The van der Waals surface area contributed by atoms with Crippen LogP contribution in [0.4, 0.5) is 0 Å². The molecular formula is C20H28N4O5. The molecule has 0 saturated carbocycles. The summed E-state index contributed by atoms with van der Waals surface area (Å²) in [6.07, 6.45) is 6.63. The molecule has 0 aromatic heterocycles. The van der Waals surface area contributed by atoms with E-state index in [-0.39, 0.29) is 48.7 Å². The maximum atomic E-state index is 12.7. The molecule has 1 fully saturated rings. The molecule has 0 bridgehead atoms. The number of amides is 1. The molecule has 2 unspecified atom stereocenters. The maximum absolute atomic E-state index is 12.7. The number of amidine groups is 1. The van der Waals surface area contributed by atoms with Gasteiger partial charge in [-0.1, -0.05) is 12.2 Å². The normalized spacial score (nSPS) is 24.3. The van der Waals surface area contributed by atoms with E-state index in [9.17, 15) is 14.4 Å². The molecule has 2 aliphatic heterocycles. The monoisotopic (exact) mass is 404 g/mol. The van der Waals surface area contributed by atoms with E-state index in [0.29, 0.717) is 39.1 Å². The Kier molecular flexibility index (Phi) is 6.68. The molecule has 3 rings (SSSR count). The van der Waals surface area contributed by atoms with E-state index in [4.69, 9.17) is 20.6 Å². The molecule has 0 radical (unpaired) electrons. The van der Waals surface area contributed by atoms with Gasteiger partial charge in [-0.3, -0.25) is 15.0 Å². The fourth-order valence-corrected chi connectivity index (χ4v) is 3.93. The zero-order valence-electron chi connectivity index (χ0n) is 16.6. The Labute approximate surface area is 170 Å². The van der Waals surface area contributed by atoms with Crippen molar-refractivity contribution in [3.8, 4) is 0 Å². The van der Waals surface area contributed by atoms with E-state index in [1.165, 1.54) is 0 Å². The van der Waals surface area contributed by atoms with Crippen molar-refractivity contribution in [2.24, 2.45) is 17.6 Å². The van der Waals surface area contributed by atoms with Gasteiger partial charge < -0.3 is 25.0 Å². The van der Waals surface area contributed by atoms with E-state index in [1.54, 1.807) is 17.9 Å². The molecule has 29 heavy (non-hydrogen) atoms. The second-order valence-corrected chi connectivity index (χ2v) is 7.50. The van der Waals surface area contributed by atoms with Crippen molar-refractivity contribution in [3.05, 3.63) is 23.9 Å². The number of ketones is 1. The molecule has 3 N–H and O–H groups in total. The molecule has 1 saturated heterocycles. The van der Waals surface area contributed by atoms with Gasteiger partial charge in [0.2, 0.25) is 5.91 Å². The van der Waals surface area contributed by atoms with Crippen molar-refractivity contribution in [2.75, 3.05) is 39.4 Å². The third-order valence-corrected chi connectivity index (χ3v) is 5.49. The van der Waals surface area contributed by atoms with E-state index in [1.807, 2.05) is 17.2 Å². The Bertz CT molecular complexity index is 739. The molecule has 1 amide bonds. The molecule has 9 nitrogen and oxygen atoms in total. The van der Waals surface area contributed by atoms with Gasteiger partial charge in [0.15, 0.2) is 5.78 Å². The third kappa shape index (κ3) is 5.03. The van der Waals surface area contributed by atoms with Crippen LogP contribution in [0.15, 0.2) is 23.9 Å². The number of hydrogen-bond donors (Lipinski definition) is 2. The summed E-state index contributed by atoms with van der Waals surface area (Å²) in [5.74, 6) is -1.59. The standard InChI is InChI=1S/C20H28N4O5/c1-2-28-18(26)12-29-14-5-7-24(8-6-14)17(25)11-23-9-13-3-4-15(20(21)22)19(27)16(13)10-23/h3-4,9,14-16H,2,5-8,10-12H2,1H3,(H3,21,22). The van der Waals surface area contributed by atoms with Crippen molar-refractivity contribution in [1.29, 1.82) is 5.41 Å². The number of carbonyl (C=O) groups excluding carboxylic acids is 3. The van der Waals surface area contributed by atoms with Gasteiger partial charge in [0, 0.05) is 25.8 Å². The number of rotatable bonds is 7. The highest BCUT2D eigenvalue weighted by atomic mass is 16.6. The summed E-state index contributed by atoms with van der Waals surface area (Å²) in [7, 11) is 0. The van der Waals surface area contributed by atoms with E-state index < -0.39 is 5.92 Å². The number of fused-ring (bicyclic) bond motifs is 1. The van der Waals surface area contributed by atoms with Gasteiger partial charge in [-0.2, -0.15) is 0 Å². The third-order valence-electron chi connectivity index (χ3n) is 5.49. The largest absolute Gasteiger partial charge is 0.464 e. The summed E-state index contributed by atoms with van der Waals surface area (Å²) in [6.45, 7) is 3.82. The number of piperidine rings is 1. The SMILES string of the molecule is CCOC(=O)COC1CCN(C(=O)CN2C=C3C=CC(C(=N)N)C(=O)C3C2)CC1. The number of allylic oxidation sites excluding steroid dienone is 1. The van der Waals surface area contributed by atoms with Crippen LogP contribution in [0, 0.1) is 17.2 Å². The number of nitrogens with zero attached hydrogens (tertiary/aromatic N) is 2. The zero-order chi connectivity index (χ0) is 21.0. The molecule has 0 spiro atoms. The molecule has 2 atom stereocenters. The summed E-state index contributed by atoms with van der Waals surface area (Å²) in [4.78, 5) is 40.2. The van der Waals surface area contributed by atoms with Gasteiger partial charge >= 0.3 is 5.97 Å². The molecule has 3 aliphatic rings. The van der Waals surface area contributed by atoms with Crippen LogP contribution in [0.5, 0.6) is 0 Å². The first-order chi connectivity index (χ1) is 13.9. The lowest BCUT2D eigenvalue weighted by atomic mass is 9.83. The van der Waals surface area contributed by atoms with Crippen molar-refractivity contribution in [2.45, 2.75) is 25.9 Å². The number of esters is 1. The van der Waals surface area contributed by atoms with E-state index in [0.717, 1.165) is 5.57 Å². The molecule has 1 aliphatic carbocycles. The van der Waals surface area contributed by atoms with Crippen LogP contribution in [-0.2, 0) is 23.9 Å². The van der Waals surface area contributed by atoms with Crippen molar-refractivity contribution in [1.82, 2.24) is 9.80 Å². The van der Waals surface area contributed by atoms with Gasteiger partial charge in [-0.25, -0.2) is 4.79 Å². The lowest BCUT2D eigenvalue weighted by molar-refractivity contribution is -0.152. The van der Waals surface area contributed by atoms with Crippen LogP contribution in [0.25, 0.3) is 0 Å². The highest BCUT2D eigenvalue weighted by Gasteiger charge is 2.37. The molecule has 2 heterocycles. The lowest BCUT2D eigenvalue weighted by Crippen LogP contribution is -2.45. The average Bonchev–Trinajstić information content (AvgIpc) is 3.10. The molecular weight excluding hydrogens is 376 g/mol. The molecule has 0 aromatic rings. The number of nitrogens with one attached hydrogen (secondary N) is 1. The Morgan fingerprint density at radius 1 is 1.31 bits per heavy atom. The van der Waals surface area contributed by atoms with Crippen LogP contribution in [0.3, 0.4) is 0 Å². The van der Waals surface area contributed by atoms with Crippen LogP contribution in [-0.4, -0.2) is 78.8 Å².